The van der Waals surface area contributed by atoms with Crippen LogP contribution in [0.25, 0.3) is 94.7 Å². The second kappa shape index (κ2) is 16.7. The molecule has 0 amide bonds. The minimum absolute atomic E-state index is 0.0822. The van der Waals surface area contributed by atoms with Crippen molar-refractivity contribution in [1.82, 2.24) is 14.5 Å². The highest BCUT2D eigenvalue weighted by Crippen LogP contribution is 2.47. The van der Waals surface area contributed by atoms with Gasteiger partial charge in [0.1, 0.15) is 22.7 Å². The smallest absolute Gasteiger partial charge is 0.149 e. The van der Waals surface area contributed by atoms with Crippen molar-refractivity contribution in [3.8, 4) is 67.5 Å². The first-order chi connectivity index (χ1) is 33.1. The Balaban J connectivity index is 1.23. The summed E-state index contributed by atoms with van der Waals surface area (Å²) < 4.78 is 8.73. The Kier molecular flexibility index (Phi) is 11.1. The molecule has 1 N–H and O–H groups in total. The van der Waals surface area contributed by atoms with E-state index in [4.69, 9.17) is 14.4 Å². The van der Waals surface area contributed by atoms with E-state index >= 15 is 0 Å². The summed E-state index contributed by atoms with van der Waals surface area (Å²) in [5, 5.41) is 14.9. The number of para-hydroxylation sites is 2. The van der Waals surface area contributed by atoms with E-state index in [2.05, 4.69) is 228 Å². The lowest BCUT2D eigenvalue weighted by Crippen LogP contribution is -2.17. The average Bonchev–Trinajstić information content (AvgIpc) is 3.90. The Morgan fingerprint density at radius 1 is 0.486 bits per heavy atom. The van der Waals surface area contributed by atoms with E-state index in [1.807, 2.05) is 18.3 Å². The number of aromatic hydroxyl groups is 1. The zero-order valence-electron chi connectivity index (χ0n) is 43.1. The molecule has 352 valence electrons. The number of fused-ring (bicyclic) bond motifs is 4. The highest BCUT2D eigenvalue weighted by molar-refractivity contribution is 6.07. The molecule has 0 spiro atoms. The van der Waals surface area contributed by atoms with Crippen LogP contribution in [0.2, 0.25) is 0 Å². The number of nitrogens with zero attached hydrogens (tertiary/aromatic N) is 3. The highest BCUT2D eigenvalue weighted by Gasteiger charge is 2.30. The van der Waals surface area contributed by atoms with E-state index in [0.29, 0.717) is 11.4 Å². The van der Waals surface area contributed by atoms with E-state index in [-0.39, 0.29) is 27.4 Å². The number of phenolic OH excluding ortho intramolecular Hbond substituents is 1. The van der Waals surface area contributed by atoms with Gasteiger partial charge in [0.2, 0.25) is 0 Å². The van der Waals surface area contributed by atoms with Crippen molar-refractivity contribution in [2.75, 3.05) is 0 Å². The number of pyridine rings is 1. The number of hydrogen-bond donors (Lipinski definition) is 1. The third kappa shape index (κ3) is 8.29. The Morgan fingerprint density at radius 3 is 1.87 bits per heavy atom. The molecule has 0 aliphatic carbocycles. The summed E-state index contributed by atoms with van der Waals surface area (Å²) >= 11 is 0. The van der Waals surface area contributed by atoms with E-state index < -0.39 is 0 Å². The van der Waals surface area contributed by atoms with Gasteiger partial charge in [0, 0.05) is 44.8 Å². The number of furan rings is 1. The van der Waals surface area contributed by atoms with E-state index in [1.165, 1.54) is 11.1 Å². The predicted molar refractivity (Wildman–Crippen MR) is 295 cm³/mol. The fraction of sp³-hybridized carbons (Fsp3) is 0.262. The van der Waals surface area contributed by atoms with Gasteiger partial charge < -0.3 is 9.52 Å². The van der Waals surface area contributed by atoms with Gasteiger partial charge in [-0.15, -0.1) is 0 Å². The summed E-state index contributed by atoms with van der Waals surface area (Å²) in [5.41, 5.74) is 18.5. The Labute approximate surface area is 413 Å². The molecular weight excluding hydrogens is 855 g/mol. The first-order valence-corrected chi connectivity index (χ1v) is 24.7. The summed E-state index contributed by atoms with van der Waals surface area (Å²) in [5.74, 6) is 0.944. The van der Waals surface area contributed by atoms with Crippen molar-refractivity contribution in [1.29, 1.82) is 0 Å². The summed E-state index contributed by atoms with van der Waals surface area (Å²) in [6.07, 6.45) is 1.92. The predicted octanol–water partition coefficient (Wildman–Crippen LogP) is 17.9. The largest absolute Gasteiger partial charge is 0.507 e. The van der Waals surface area contributed by atoms with Gasteiger partial charge in [0.05, 0.1) is 28.0 Å². The molecule has 7 aromatic carbocycles. The summed E-state index contributed by atoms with van der Waals surface area (Å²) in [6.45, 7) is 29.0. The zero-order chi connectivity index (χ0) is 49.7. The maximum Gasteiger partial charge on any atom is 0.149 e. The van der Waals surface area contributed by atoms with Gasteiger partial charge in [-0.25, -0.2) is 4.98 Å². The Hall–Kier alpha value is -7.24. The number of phenols is 1. The van der Waals surface area contributed by atoms with Gasteiger partial charge >= 0.3 is 0 Å². The van der Waals surface area contributed by atoms with E-state index in [9.17, 15) is 5.11 Å². The van der Waals surface area contributed by atoms with E-state index in [1.54, 1.807) is 0 Å². The molecule has 0 aliphatic heterocycles. The molecule has 70 heavy (non-hydrogen) atoms. The third-order valence-corrected chi connectivity index (χ3v) is 14.2. The summed E-state index contributed by atoms with van der Waals surface area (Å²) in [4.78, 5) is 10.8. The molecule has 0 saturated heterocycles. The monoisotopic (exact) mass is 920 g/mol. The Bertz CT molecular complexity index is 3650. The topological polar surface area (TPSA) is 64.1 Å². The molecular formula is C65H65N3O2. The lowest BCUT2D eigenvalue weighted by Gasteiger charge is -2.28. The average molecular weight is 920 g/mol. The van der Waals surface area contributed by atoms with Crippen molar-refractivity contribution in [2.24, 2.45) is 0 Å². The summed E-state index contributed by atoms with van der Waals surface area (Å²) in [6, 6.07) is 52.2. The van der Waals surface area contributed by atoms with Crippen LogP contribution in [-0.4, -0.2) is 19.6 Å². The van der Waals surface area contributed by atoms with Crippen LogP contribution < -0.4 is 0 Å². The zero-order valence-corrected chi connectivity index (χ0v) is 43.1. The highest BCUT2D eigenvalue weighted by atomic mass is 16.3. The van der Waals surface area contributed by atoms with Crippen LogP contribution in [0.4, 0.5) is 0 Å². The molecule has 0 bridgehead atoms. The molecule has 10 rings (SSSR count). The van der Waals surface area contributed by atoms with Gasteiger partial charge in [-0.1, -0.05) is 168 Å². The molecule has 0 saturated carbocycles. The van der Waals surface area contributed by atoms with Crippen LogP contribution in [0.5, 0.6) is 5.75 Å². The van der Waals surface area contributed by atoms with Gasteiger partial charge in [-0.3, -0.25) is 9.55 Å². The first kappa shape index (κ1) is 46.5. The van der Waals surface area contributed by atoms with Crippen molar-refractivity contribution < 1.29 is 9.52 Å². The maximum absolute atomic E-state index is 12.6. The van der Waals surface area contributed by atoms with Gasteiger partial charge in [0.15, 0.2) is 0 Å². The van der Waals surface area contributed by atoms with Crippen LogP contribution >= 0.6 is 0 Å². The fourth-order valence-electron chi connectivity index (χ4n) is 9.97. The SMILES string of the molecule is Cc1c(-c2ccnc(-c3cc(-c4cccc5c4nc(-c4cc(C(C)(C)C)cc(C(C)(C)C)c4O)n5-c4ccc(C(C)(C)C)cc4-c4ccccc4)cc(C(C)(C)C)c3)c2)ccc2c1oc1ccccc12. The molecule has 5 nitrogen and oxygen atoms in total. The number of benzene rings is 7. The molecule has 10 aromatic rings. The van der Waals surface area contributed by atoms with Crippen molar-refractivity contribution in [3.05, 3.63) is 180 Å². The van der Waals surface area contributed by atoms with Crippen LogP contribution in [-0.2, 0) is 21.7 Å². The van der Waals surface area contributed by atoms with Crippen LogP contribution in [0.3, 0.4) is 0 Å². The number of imidazole rings is 1. The quantitative estimate of drug-likeness (QED) is 0.180. The van der Waals surface area contributed by atoms with E-state index in [0.717, 1.165) is 100.0 Å². The van der Waals surface area contributed by atoms with Gasteiger partial charge in [0.25, 0.3) is 0 Å². The number of hydrogen-bond acceptors (Lipinski definition) is 4. The van der Waals surface area contributed by atoms with Crippen LogP contribution in [0.1, 0.15) is 111 Å². The normalized spacial score (nSPS) is 12.7. The minimum atomic E-state index is -0.334. The number of rotatable bonds is 6. The lowest BCUT2D eigenvalue weighted by atomic mass is 9.79. The van der Waals surface area contributed by atoms with Crippen LogP contribution in [0, 0.1) is 6.92 Å². The van der Waals surface area contributed by atoms with Crippen molar-refractivity contribution in [2.45, 2.75) is 112 Å². The van der Waals surface area contributed by atoms with Crippen LogP contribution in [0.15, 0.2) is 156 Å². The van der Waals surface area contributed by atoms with Gasteiger partial charge in [-0.05, 0) is 128 Å². The molecule has 5 heteroatoms. The Morgan fingerprint density at radius 2 is 1.16 bits per heavy atom. The fourth-order valence-corrected chi connectivity index (χ4v) is 9.97. The summed E-state index contributed by atoms with van der Waals surface area (Å²) in [7, 11) is 0. The molecule has 3 aromatic heterocycles. The second-order valence-electron chi connectivity index (χ2n) is 23.4. The number of aromatic nitrogens is 3. The molecule has 0 aliphatic rings. The maximum atomic E-state index is 12.6. The minimum Gasteiger partial charge on any atom is -0.507 e. The second-order valence-corrected chi connectivity index (χ2v) is 23.4. The standard InChI is InChI=1S/C65H65N3O2/c1-39-47(27-28-50-49-22-17-18-25-57(49)70-60(39)50)41-30-31-66-54(35-41)43-32-42(33-45(34-43)63(5,6)7)48-23-19-24-56-58(48)67-61(52-37-46(64(8,9)10)38-53(59(52)69)65(11,12)13)68(56)55-29-26-44(62(2,3)4)36-51(55)40-20-15-14-16-21-40/h14-38,69H,1-13H3. The molecule has 0 atom stereocenters. The first-order valence-electron chi connectivity index (χ1n) is 24.7. The van der Waals surface area contributed by atoms with Gasteiger partial charge in [-0.2, -0.15) is 0 Å². The van der Waals surface area contributed by atoms with Crippen molar-refractivity contribution >= 4 is 33.0 Å². The molecule has 0 unspecified atom stereocenters. The number of aryl methyl sites for hydroxylation is 1. The molecule has 0 fully saturated rings. The lowest BCUT2D eigenvalue weighted by molar-refractivity contribution is 0.446. The van der Waals surface area contributed by atoms with Crippen molar-refractivity contribution in [3.63, 3.8) is 0 Å². The molecule has 0 radical (unpaired) electrons. The third-order valence-electron chi connectivity index (χ3n) is 14.2. The molecule has 3 heterocycles.